The molecule has 16 heavy (non-hydrogen) atoms. The summed E-state index contributed by atoms with van der Waals surface area (Å²) in [4.78, 5) is 0. The quantitative estimate of drug-likeness (QED) is 0.508. The zero-order chi connectivity index (χ0) is 12.4. The van der Waals surface area contributed by atoms with Crippen LogP contribution < -0.4 is 10.6 Å². The summed E-state index contributed by atoms with van der Waals surface area (Å²) in [6.07, 6.45) is 0.995. The number of thiocarbonyl (C=S) groups is 1. The summed E-state index contributed by atoms with van der Waals surface area (Å²) in [6.45, 7) is 12.1. The van der Waals surface area contributed by atoms with Crippen LogP contribution >= 0.6 is 12.2 Å². The molecule has 4 heteroatoms. The number of hydrogen-bond acceptors (Lipinski definition) is 2. The SMILES string of the molecule is CCOCCCNC(=S)NCC(C)C(C)C. The van der Waals surface area contributed by atoms with Gasteiger partial charge in [-0.25, -0.2) is 0 Å². The van der Waals surface area contributed by atoms with Gasteiger partial charge < -0.3 is 15.4 Å². The lowest BCUT2D eigenvalue weighted by Crippen LogP contribution is -2.39. The largest absolute Gasteiger partial charge is 0.382 e. The van der Waals surface area contributed by atoms with Crippen LogP contribution in [0.5, 0.6) is 0 Å². The number of hydrogen-bond donors (Lipinski definition) is 2. The zero-order valence-corrected chi connectivity index (χ0v) is 11.8. The van der Waals surface area contributed by atoms with E-state index in [1.54, 1.807) is 0 Å². The van der Waals surface area contributed by atoms with Crippen molar-refractivity contribution in [1.29, 1.82) is 0 Å². The molecule has 1 unspecified atom stereocenters. The molecule has 0 aromatic rings. The normalized spacial score (nSPS) is 12.6. The van der Waals surface area contributed by atoms with Crippen molar-refractivity contribution in [2.24, 2.45) is 11.8 Å². The number of ether oxygens (including phenoxy) is 1. The van der Waals surface area contributed by atoms with Gasteiger partial charge in [0.15, 0.2) is 5.11 Å². The van der Waals surface area contributed by atoms with Gasteiger partial charge in [-0.1, -0.05) is 20.8 Å². The number of rotatable bonds is 8. The first kappa shape index (κ1) is 15.7. The first-order valence-corrected chi connectivity index (χ1v) is 6.58. The minimum absolute atomic E-state index is 0.642. The fourth-order valence-electron chi connectivity index (χ4n) is 1.07. The smallest absolute Gasteiger partial charge is 0.166 e. The highest BCUT2D eigenvalue weighted by Gasteiger charge is 2.06. The summed E-state index contributed by atoms with van der Waals surface area (Å²) in [5.74, 6) is 1.33. The van der Waals surface area contributed by atoms with Crippen molar-refractivity contribution in [3.8, 4) is 0 Å². The minimum Gasteiger partial charge on any atom is -0.382 e. The van der Waals surface area contributed by atoms with Crippen LogP contribution in [-0.4, -0.2) is 31.4 Å². The van der Waals surface area contributed by atoms with Gasteiger partial charge in [-0.05, 0) is 37.4 Å². The van der Waals surface area contributed by atoms with Gasteiger partial charge in [-0.3, -0.25) is 0 Å². The van der Waals surface area contributed by atoms with Gasteiger partial charge in [0.2, 0.25) is 0 Å². The first-order valence-electron chi connectivity index (χ1n) is 6.17. The van der Waals surface area contributed by atoms with Crippen molar-refractivity contribution >= 4 is 17.3 Å². The van der Waals surface area contributed by atoms with Gasteiger partial charge in [0.05, 0.1) is 0 Å². The molecule has 0 spiro atoms. The Morgan fingerprint density at radius 3 is 2.50 bits per heavy atom. The molecule has 0 heterocycles. The lowest BCUT2D eigenvalue weighted by molar-refractivity contribution is 0.145. The Morgan fingerprint density at radius 1 is 1.25 bits per heavy atom. The highest BCUT2D eigenvalue weighted by Crippen LogP contribution is 2.07. The van der Waals surface area contributed by atoms with Crippen LogP contribution in [0.25, 0.3) is 0 Å². The van der Waals surface area contributed by atoms with E-state index < -0.39 is 0 Å². The van der Waals surface area contributed by atoms with Crippen molar-refractivity contribution in [3.63, 3.8) is 0 Å². The molecular formula is C12H26N2OS. The first-order chi connectivity index (χ1) is 7.57. The highest BCUT2D eigenvalue weighted by molar-refractivity contribution is 7.80. The second kappa shape index (κ2) is 9.85. The third-order valence-electron chi connectivity index (χ3n) is 2.68. The molecule has 0 aliphatic rings. The predicted molar refractivity (Wildman–Crippen MR) is 73.7 cm³/mol. The van der Waals surface area contributed by atoms with E-state index in [9.17, 15) is 0 Å². The van der Waals surface area contributed by atoms with Crippen molar-refractivity contribution in [2.75, 3.05) is 26.3 Å². The zero-order valence-electron chi connectivity index (χ0n) is 11.0. The van der Waals surface area contributed by atoms with Gasteiger partial charge in [0, 0.05) is 26.3 Å². The van der Waals surface area contributed by atoms with E-state index in [1.165, 1.54) is 0 Å². The van der Waals surface area contributed by atoms with Crippen LogP contribution in [0, 0.1) is 11.8 Å². The van der Waals surface area contributed by atoms with Crippen LogP contribution in [0.1, 0.15) is 34.1 Å². The Labute approximate surface area is 105 Å². The Bertz CT molecular complexity index is 186. The van der Waals surface area contributed by atoms with Gasteiger partial charge in [0.1, 0.15) is 0 Å². The van der Waals surface area contributed by atoms with Crippen LogP contribution in [0.4, 0.5) is 0 Å². The summed E-state index contributed by atoms with van der Waals surface area (Å²) < 4.78 is 5.24. The molecule has 0 rings (SSSR count). The summed E-state index contributed by atoms with van der Waals surface area (Å²) in [5, 5.41) is 7.16. The second-order valence-corrected chi connectivity index (χ2v) is 4.82. The molecule has 3 nitrogen and oxygen atoms in total. The third kappa shape index (κ3) is 8.92. The van der Waals surface area contributed by atoms with E-state index in [0.29, 0.717) is 11.8 Å². The monoisotopic (exact) mass is 246 g/mol. The van der Waals surface area contributed by atoms with Gasteiger partial charge in [-0.2, -0.15) is 0 Å². The maximum Gasteiger partial charge on any atom is 0.166 e. The van der Waals surface area contributed by atoms with Crippen LogP contribution in [0.15, 0.2) is 0 Å². The molecular weight excluding hydrogens is 220 g/mol. The molecule has 0 aromatic heterocycles. The Kier molecular flexibility index (Phi) is 9.63. The fraction of sp³-hybridized carbons (Fsp3) is 0.917. The van der Waals surface area contributed by atoms with Crippen molar-refractivity contribution in [1.82, 2.24) is 10.6 Å². The molecule has 0 saturated heterocycles. The molecule has 96 valence electrons. The Morgan fingerprint density at radius 2 is 1.94 bits per heavy atom. The molecule has 0 bridgehead atoms. The average molecular weight is 246 g/mol. The lowest BCUT2D eigenvalue weighted by Gasteiger charge is -2.17. The van der Waals surface area contributed by atoms with Crippen LogP contribution in [0.3, 0.4) is 0 Å². The van der Waals surface area contributed by atoms with Gasteiger partial charge in [0.25, 0.3) is 0 Å². The summed E-state index contributed by atoms with van der Waals surface area (Å²) in [6, 6.07) is 0. The van der Waals surface area contributed by atoms with Crippen molar-refractivity contribution < 1.29 is 4.74 Å². The summed E-state index contributed by atoms with van der Waals surface area (Å²) in [5.41, 5.74) is 0. The maximum absolute atomic E-state index is 5.24. The molecule has 0 aromatic carbocycles. The topological polar surface area (TPSA) is 33.3 Å². The van der Waals surface area contributed by atoms with Crippen LogP contribution in [-0.2, 0) is 4.74 Å². The predicted octanol–water partition coefficient (Wildman–Crippen LogP) is 2.17. The van der Waals surface area contributed by atoms with Crippen LogP contribution in [0.2, 0.25) is 0 Å². The van der Waals surface area contributed by atoms with Crippen molar-refractivity contribution in [2.45, 2.75) is 34.1 Å². The third-order valence-corrected chi connectivity index (χ3v) is 2.97. The van der Waals surface area contributed by atoms with Gasteiger partial charge in [-0.15, -0.1) is 0 Å². The second-order valence-electron chi connectivity index (χ2n) is 4.41. The maximum atomic E-state index is 5.24. The standard InChI is InChI=1S/C12H26N2OS/c1-5-15-8-6-7-13-12(16)14-9-11(4)10(2)3/h10-11H,5-9H2,1-4H3,(H2,13,14,16). The molecule has 1 atom stereocenters. The van der Waals surface area contributed by atoms with E-state index in [0.717, 1.165) is 37.8 Å². The Balaban J connectivity index is 3.38. The van der Waals surface area contributed by atoms with E-state index in [2.05, 4.69) is 31.4 Å². The Hall–Kier alpha value is -0.350. The van der Waals surface area contributed by atoms with E-state index >= 15 is 0 Å². The van der Waals surface area contributed by atoms with Crippen molar-refractivity contribution in [3.05, 3.63) is 0 Å². The fourth-order valence-corrected chi connectivity index (χ4v) is 1.26. The lowest BCUT2D eigenvalue weighted by atomic mass is 9.98. The summed E-state index contributed by atoms with van der Waals surface area (Å²) in [7, 11) is 0. The molecule has 0 radical (unpaired) electrons. The molecule has 0 aliphatic carbocycles. The van der Waals surface area contributed by atoms with E-state index in [4.69, 9.17) is 17.0 Å². The summed E-state index contributed by atoms with van der Waals surface area (Å²) >= 11 is 5.17. The molecule has 2 N–H and O–H groups in total. The van der Waals surface area contributed by atoms with Gasteiger partial charge >= 0.3 is 0 Å². The molecule has 0 aliphatic heterocycles. The van der Waals surface area contributed by atoms with E-state index in [1.807, 2.05) is 6.92 Å². The average Bonchev–Trinajstić information content (AvgIpc) is 2.25. The highest BCUT2D eigenvalue weighted by atomic mass is 32.1. The number of nitrogens with one attached hydrogen (secondary N) is 2. The molecule has 0 saturated carbocycles. The minimum atomic E-state index is 0.642. The molecule has 0 amide bonds. The van der Waals surface area contributed by atoms with E-state index in [-0.39, 0.29) is 0 Å². The molecule has 0 fully saturated rings.